The molecule has 4 rings (SSSR count). The molecule has 0 unspecified atom stereocenters. The van der Waals surface area contributed by atoms with Gasteiger partial charge >= 0.3 is 0 Å². The molecule has 8 nitrogen and oxygen atoms in total. The van der Waals surface area contributed by atoms with Crippen molar-refractivity contribution in [3.8, 4) is 17.0 Å². The van der Waals surface area contributed by atoms with E-state index in [1.165, 1.54) is 0 Å². The van der Waals surface area contributed by atoms with Crippen LogP contribution in [0.15, 0.2) is 30.3 Å². The van der Waals surface area contributed by atoms with Crippen molar-refractivity contribution in [2.24, 2.45) is 0 Å². The van der Waals surface area contributed by atoms with Crippen LogP contribution in [0.2, 0.25) is 0 Å². The minimum Gasteiger partial charge on any atom is -0.507 e. The van der Waals surface area contributed by atoms with E-state index in [0.29, 0.717) is 23.2 Å². The second kappa shape index (κ2) is 8.30. The van der Waals surface area contributed by atoms with E-state index in [1.807, 2.05) is 18.2 Å². The molecule has 150 valence electrons. The normalized spacial score (nSPS) is 20.2. The number of nitrogens with two attached hydrogens (primary N) is 1. The van der Waals surface area contributed by atoms with E-state index in [2.05, 4.69) is 31.8 Å². The quantitative estimate of drug-likeness (QED) is 0.813. The molecule has 2 saturated heterocycles. The number of morpholine rings is 1. The molecule has 0 spiro atoms. The molecule has 3 N–H and O–H groups in total. The average molecular weight is 384 g/mol. The molecular formula is C20H28N6O2. The number of rotatable bonds is 4. The van der Waals surface area contributed by atoms with Crippen LogP contribution in [-0.4, -0.2) is 83.8 Å². The Kier molecular flexibility index (Phi) is 5.61. The predicted molar refractivity (Wildman–Crippen MR) is 109 cm³/mol. The van der Waals surface area contributed by atoms with Crippen LogP contribution < -0.4 is 10.6 Å². The van der Waals surface area contributed by atoms with Crippen LogP contribution in [0.1, 0.15) is 6.92 Å². The van der Waals surface area contributed by atoms with E-state index in [9.17, 15) is 5.11 Å². The third-order valence-electron chi connectivity index (χ3n) is 5.74. The summed E-state index contributed by atoms with van der Waals surface area (Å²) in [6.45, 7) is 9.59. The highest BCUT2D eigenvalue weighted by atomic mass is 16.5. The van der Waals surface area contributed by atoms with Crippen molar-refractivity contribution in [2.75, 3.05) is 63.1 Å². The number of aromatic hydroxyl groups is 1. The van der Waals surface area contributed by atoms with Crippen molar-refractivity contribution in [3.63, 3.8) is 0 Å². The highest BCUT2D eigenvalue weighted by molar-refractivity contribution is 5.74. The third-order valence-corrected chi connectivity index (χ3v) is 5.74. The fourth-order valence-corrected chi connectivity index (χ4v) is 3.98. The highest BCUT2D eigenvalue weighted by Gasteiger charge is 2.27. The Morgan fingerprint density at radius 3 is 2.39 bits per heavy atom. The minimum atomic E-state index is 0.191. The molecular weight excluding hydrogens is 356 g/mol. The first kappa shape index (κ1) is 18.9. The van der Waals surface area contributed by atoms with Crippen molar-refractivity contribution >= 4 is 11.5 Å². The monoisotopic (exact) mass is 384 g/mol. The molecule has 0 saturated carbocycles. The zero-order valence-corrected chi connectivity index (χ0v) is 16.3. The maximum absolute atomic E-state index is 10.1. The lowest BCUT2D eigenvalue weighted by atomic mass is 10.1. The molecule has 8 heteroatoms. The number of ether oxygens (including phenoxy) is 1. The topological polar surface area (TPSA) is 91.0 Å². The molecule has 2 aliphatic rings. The van der Waals surface area contributed by atoms with Gasteiger partial charge in [-0.15, -0.1) is 10.2 Å². The number of phenols is 1. The van der Waals surface area contributed by atoms with E-state index < -0.39 is 0 Å². The Labute approximate surface area is 165 Å². The standard InChI is InChI=1S/C20H28N6O2/c1-15(25-10-12-28-13-11-25)24-6-8-26(9-7-24)18-14-17(22-23-20(18)21)16-4-2-3-5-19(16)27/h2-5,14-15,27H,6-13H2,1H3,(H2,21,23)/t15-/m0/s1. The first-order valence-corrected chi connectivity index (χ1v) is 9.86. The number of anilines is 2. The van der Waals surface area contributed by atoms with Crippen molar-refractivity contribution in [2.45, 2.75) is 13.1 Å². The second-order valence-corrected chi connectivity index (χ2v) is 7.32. The molecule has 2 aliphatic heterocycles. The van der Waals surface area contributed by atoms with Gasteiger partial charge in [0.1, 0.15) is 5.75 Å². The van der Waals surface area contributed by atoms with Crippen LogP contribution in [0.5, 0.6) is 5.75 Å². The van der Waals surface area contributed by atoms with Crippen molar-refractivity contribution in [1.29, 1.82) is 0 Å². The Bertz CT molecular complexity index is 803. The highest BCUT2D eigenvalue weighted by Crippen LogP contribution is 2.31. The summed E-state index contributed by atoms with van der Waals surface area (Å²) < 4.78 is 5.47. The summed E-state index contributed by atoms with van der Waals surface area (Å²) in [6, 6.07) is 9.08. The van der Waals surface area contributed by atoms with E-state index in [1.54, 1.807) is 12.1 Å². The molecule has 0 radical (unpaired) electrons. The molecule has 0 amide bonds. The van der Waals surface area contributed by atoms with Crippen LogP contribution >= 0.6 is 0 Å². The molecule has 3 heterocycles. The number of benzene rings is 1. The fraction of sp³-hybridized carbons (Fsp3) is 0.500. The molecule has 0 bridgehead atoms. The summed E-state index contributed by atoms with van der Waals surface area (Å²) >= 11 is 0. The predicted octanol–water partition coefficient (Wildman–Crippen LogP) is 1.23. The van der Waals surface area contributed by atoms with Gasteiger partial charge in [0.05, 0.1) is 30.8 Å². The molecule has 1 atom stereocenters. The summed E-state index contributed by atoms with van der Waals surface area (Å²) in [5, 5.41) is 18.4. The summed E-state index contributed by atoms with van der Waals surface area (Å²) in [6.07, 6.45) is 0.413. The van der Waals surface area contributed by atoms with Gasteiger partial charge in [0, 0.05) is 44.8 Å². The van der Waals surface area contributed by atoms with Gasteiger partial charge in [0.25, 0.3) is 0 Å². The molecule has 2 fully saturated rings. The molecule has 28 heavy (non-hydrogen) atoms. The van der Waals surface area contributed by atoms with Crippen LogP contribution in [0, 0.1) is 0 Å². The average Bonchev–Trinajstić information content (AvgIpc) is 2.75. The molecule has 0 aliphatic carbocycles. The number of hydrogen-bond acceptors (Lipinski definition) is 8. The molecule has 1 aromatic carbocycles. The number of nitrogen functional groups attached to an aromatic ring is 1. The number of aromatic nitrogens is 2. The number of phenolic OH excluding ortho intramolecular Hbond substituents is 1. The van der Waals surface area contributed by atoms with Gasteiger partial charge in [-0.25, -0.2) is 0 Å². The van der Waals surface area contributed by atoms with Gasteiger partial charge in [-0.2, -0.15) is 0 Å². The smallest absolute Gasteiger partial charge is 0.169 e. The van der Waals surface area contributed by atoms with Crippen LogP contribution in [-0.2, 0) is 4.74 Å². The van der Waals surface area contributed by atoms with E-state index in [0.717, 1.165) is 58.2 Å². The minimum absolute atomic E-state index is 0.191. The van der Waals surface area contributed by atoms with Crippen molar-refractivity contribution in [3.05, 3.63) is 30.3 Å². The fourth-order valence-electron chi connectivity index (χ4n) is 3.98. The van der Waals surface area contributed by atoms with Crippen LogP contribution in [0.4, 0.5) is 11.5 Å². The Morgan fingerprint density at radius 1 is 1.00 bits per heavy atom. The second-order valence-electron chi connectivity index (χ2n) is 7.32. The SMILES string of the molecule is C[C@H](N1CCOCC1)N1CCN(c2cc(-c3ccccc3O)nnc2N)CC1. The maximum Gasteiger partial charge on any atom is 0.169 e. The zero-order chi connectivity index (χ0) is 19.5. The van der Waals surface area contributed by atoms with E-state index in [4.69, 9.17) is 10.5 Å². The Morgan fingerprint density at radius 2 is 1.68 bits per heavy atom. The van der Waals surface area contributed by atoms with Gasteiger partial charge in [-0.1, -0.05) is 12.1 Å². The van der Waals surface area contributed by atoms with Gasteiger partial charge in [0.15, 0.2) is 5.82 Å². The number of piperazine rings is 1. The van der Waals surface area contributed by atoms with Crippen molar-refractivity contribution < 1.29 is 9.84 Å². The summed E-state index contributed by atoms with van der Waals surface area (Å²) in [7, 11) is 0. The summed E-state index contributed by atoms with van der Waals surface area (Å²) in [5.74, 6) is 0.616. The van der Waals surface area contributed by atoms with Gasteiger partial charge in [-0.05, 0) is 25.1 Å². The van der Waals surface area contributed by atoms with E-state index >= 15 is 0 Å². The first-order valence-electron chi connectivity index (χ1n) is 9.86. The van der Waals surface area contributed by atoms with Gasteiger partial charge < -0.3 is 20.5 Å². The van der Waals surface area contributed by atoms with Gasteiger partial charge in [-0.3, -0.25) is 9.80 Å². The summed E-state index contributed by atoms with van der Waals surface area (Å²) in [4.78, 5) is 7.25. The zero-order valence-electron chi connectivity index (χ0n) is 16.3. The lowest BCUT2D eigenvalue weighted by Crippen LogP contribution is -2.56. The third kappa shape index (κ3) is 3.89. The number of hydrogen-bond donors (Lipinski definition) is 2. The maximum atomic E-state index is 10.1. The molecule has 2 aromatic rings. The Balaban J connectivity index is 1.46. The number of para-hydroxylation sites is 1. The molecule has 1 aromatic heterocycles. The Hall–Kier alpha value is -2.42. The lowest BCUT2D eigenvalue weighted by Gasteiger charge is -2.44. The summed E-state index contributed by atoms with van der Waals surface area (Å²) in [5.41, 5.74) is 8.31. The van der Waals surface area contributed by atoms with Crippen LogP contribution in [0.3, 0.4) is 0 Å². The van der Waals surface area contributed by atoms with Crippen LogP contribution in [0.25, 0.3) is 11.3 Å². The van der Waals surface area contributed by atoms with Gasteiger partial charge in [0.2, 0.25) is 0 Å². The van der Waals surface area contributed by atoms with Crippen molar-refractivity contribution in [1.82, 2.24) is 20.0 Å². The largest absolute Gasteiger partial charge is 0.507 e. The van der Waals surface area contributed by atoms with E-state index in [-0.39, 0.29) is 5.75 Å². The lowest BCUT2D eigenvalue weighted by molar-refractivity contribution is -0.0278. The first-order chi connectivity index (χ1) is 13.6. The number of nitrogens with zero attached hydrogens (tertiary/aromatic N) is 5.